The molecule has 1 N–H and O–H groups in total. The second-order valence-corrected chi connectivity index (χ2v) is 4.95. The molecule has 1 aliphatic rings. The van der Waals surface area contributed by atoms with Crippen LogP contribution in [-0.4, -0.2) is 9.97 Å². The lowest BCUT2D eigenvalue weighted by Gasteiger charge is -2.06. The van der Waals surface area contributed by atoms with Gasteiger partial charge in [0.1, 0.15) is 10.5 Å². The topological polar surface area (TPSA) is 28.7 Å². The van der Waals surface area contributed by atoms with E-state index in [1.807, 2.05) is 0 Å². The lowest BCUT2D eigenvalue weighted by molar-refractivity contribution is 0.899. The minimum absolute atomic E-state index is 0.770. The summed E-state index contributed by atoms with van der Waals surface area (Å²) in [6, 6.07) is 8.37. The largest absolute Gasteiger partial charge is 0.343 e. The van der Waals surface area contributed by atoms with Crippen LogP contribution in [0.15, 0.2) is 24.3 Å². The second kappa shape index (κ2) is 4.08. The highest BCUT2D eigenvalue weighted by atomic mass is 32.1. The number of fused-ring (bicyclic) bond motifs is 1. The normalized spacial score (nSPS) is 13.7. The molecule has 0 saturated carbocycles. The number of H-pyrrole nitrogens is 1. The molecule has 86 valence electrons. The average molecular weight is 242 g/mol. The number of aromatic nitrogens is 2. The first-order chi connectivity index (χ1) is 8.24. The molecule has 0 unspecified atom stereocenters. The van der Waals surface area contributed by atoms with Crippen molar-refractivity contribution in [1.29, 1.82) is 0 Å². The van der Waals surface area contributed by atoms with Crippen molar-refractivity contribution >= 4 is 12.2 Å². The maximum absolute atomic E-state index is 5.36. The highest BCUT2D eigenvalue weighted by molar-refractivity contribution is 7.71. The Balaban J connectivity index is 2.13. The minimum atomic E-state index is 0.770. The van der Waals surface area contributed by atoms with Crippen molar-refractivity contribution in [1.82, 2.24) is 9.97 Å². The predicted molar refractivity (Wildman–Crippen MR) is 71.6 cm³/mol. The summed E-state index contributed by atoms with van der Waals surface area (Å²) in [5.41, 5.74) is 4.89. The molecule has 0 saturated heterocycles. The van der Waals surface area contributed by atoms with Gasteiger partial charge in [0.15, 0.2) is 0 Å². The molecule has 1 heterocycles. The zero-order valence-electron chi connectivity index (χ0n) is 9.79. The van der Waals surface area contributed by atoms with Gasteiger partial charge < -0.3 is 4.98 Å². The van der Waals surface area contributed by atoms with E-state index in [4.69, 9.17) is 12.2 Å². The Morgan fingerprint density at radius 2 is 1.94 bits per heavy atom. The molecule has 1 aromatic carbocycles. The van der Waals surface area contributed by atoms with Crippen LogP contribution in [0.25, 0.3) is 11.4 Å². The zero-order chi connectivity index (χ0) is 11.8. The van der Waals surface area contributed by atoms with Gasteiger partial charge in [-0.2, -0.15) is 0 Å². The smallest absolute Gasteiger partial charge is 0.139 e. The Kier molecular flexibility index (Phi) is 2.56. The van der Waals surface area contributed by atoms with E-state index in [0.717, 1.165) is 28.9 Å². The second-order valence-electron chi connectivity index (χ2n) is 4.57. The van der Waals surface area contributed by atoms with Crippen LogP contribution in [0.4, 0.5) is 0 Å². The van der Waals surface area contributed by atoms with Crippen molar-refractivity contribution in [3.63, 3.8) is 0 Å². The fourth-order valence-corrected chi connectivity index (χ4v) is 2.62. The summed E-state index contributed by atoms with van der Waals surface area (Å²) in [6.07, 6.45) is 3.36. The van der Waals surface area contributed by atoms with Crippen LogP contribution >= 0.6 is 12.2 Å². The number of aryl methyl sites for hydroxylation is 2. The molecule has 0 radical (unpaired) electrons. The van der Waals surface area contributed by atoms with Gasteiger partial charge in [-0.15, -0.1) is 0 Å². The first-order valence-corrected chi connectivity index (χ1v) is 6.34. The molecule has 1 aromatic heterocycles. The molecule has 3 heteroatoms. The lowest BCUT2D eigenvalue weighted by atomic mass is 10.1. The zero-order valence-corrected chi connectivity index (χ0v) is 10.6. The van der Waals surface area contributed by atoms with Gasteiger partial charge in [0.25, 0.3) is 0 Å². The molecule has 2 nitrogen and oxygen atoms in total. The third-order valence-electron chi connectivity index (χ3n) is 3.28. The number of rotatable bonds is 1. The summed E-state index contributed by atoms with van der Waals surface area (Å²) in [6.45, 7) is 2.09. The maximum Gasteiger partial charge on any atom is 0.139 e. The van der Waals surface area contributed by atoms with E-state index in [9.17, 15) is 0 Å². The number of nitrogens with one attached hydrogen (secondary N) is 1. The standard InChI is InChI=1S/C14H14N2S/c1-9-5-7-10(8-6-9)13-15-12-4-2-3-11(12)14(17)16-13/h5-8H,2-4H2,1H3,(H,15,16,17). The van der Waals surface area contributed by atoms with Gasteiger partial charge in [-0.05, 0) is 26.2 Å². The van der Waals surface area contributed by atoms with Crippen LogP contribution in [0.3, 0.4) is 0 Å². The van der Waals surface area contributed by atoms with E-state index < -0.39 is 0 Å². The summed E-state index contributed by atoms with van der Waals surface area (Å²) >= 11 is 5.36. The van der Waals surface area contributed by atoms with Gasteiger partial charge in [0.05, 0.1) is 0 Å². The van der Waals surface area contributed by atoms with Crippen LogP contribution in [0.1, 0.15) is 23.2 Å². The van der Waals surface area contributed by atoms with E-state index in [1.54, 1.807) is 0 Å². The first-order valence-electron chi connectivity index (χ1n) is 5.93. The Labute approximate surface area is 106 Å². The van der Waals surface area contributed by atoms with E-state index >= 15 is 0 Å². The van der Waals surface area contributed by atoms with Gasteiger partial charge in [0.2, 0.25) is 0 Å². The fraction of sp³-hybridized carbons (Fsp3) is 0.286. The van der Waals surface area contributed by atoms with Crippen LogP contribution in [0.5, 0.6) is 0 Å². The third kappa shape index (κ3) is 1.91. The number of nitrogens with zero attached hydrogens (tertiary/aromatic N) is 1. The maximum atomic E-state index is 5.36. The summed E-state index contributed by atoms with van der Waals surface area (Å²) in [4.78, 5) is 7.93. The molecule has 17 heavy (non-hydrogen) atoms. The minimum Gasteiger partial charge on any atom is -0.343 e. The van der Waals surface area contributed by atoms with Crippen LogP contribution < -0.4 is 0 Å². The number of benzene rings is 1. The molecular weight excluding hydrogens is 228 g/mol. The van der Waals surface area contributed by atoms with E-state index in [1.165, 1.54) is 23.2 Å². The van der Waals surface area contributed by atoms with Gasteiger partial charge in [-0.3, -0.25) is 0 Å². The monoisotopic (exact) mass is 242 g/mol. The highest BCUT2D eigenvalue weighted by Gasteiger charge is 2.15. The molecule has 2 aromatic rings. The van der Waals surface area contributed by atoms with E-state index in [0.29, 0.717) is 0 Å². The predicted octanol–water partition coefficient (Wildman–Crippen LogP) is 3.60. The molecule has 1 aliphatic carbocycles. The Morgan fingerprint density at radius 3 is 2.71 bits per heavy atom. The number of hydrogen-bond donors (Lipinski definition) is 1. The molecule has 0 aliphatic heterocycles. The van der Waals surface area contributed by atoms with Crippen LogP contribution in [-0.2, 0) is 12.8 Å². The first kappa shape index (κ1) is 10.7. The summed E-state index contributed by atoms with van der Waals surface area (Å²) in [5, 5.41) is 0. The lowest BCUT2D eigenvalue weighted by Crippen LogP contribution is -1.97. The van der Waals surface area contributed by atoms with E-state index in [2.05, 4.69) is 41.2 Å². The third-order valence-corrected chi connectivity index (χ3v) is 3.62. The van der Waals surface area contributed by atoms with Gasteiger partial charge >= 0.3 is 0 Å². The molecule has 3 rings (SSSR count). The van der Waals surface area contributed by atoms with Crippen molar-refractivity contribution in [3.8, 4) is 11.4 Å². The Bertz CT molecular complexity index is 611. The van der Waals surface area contributed by atoms with Crippen LogP contribution in [0, 0.1) is 11.6 Å². The van der Waals surface area contributed by atoms with Gasteiger partial charge in [-0.1, -0.05) is 42.0 Å². The van der Waals surface area contributed by atoms with Crippen LogP contribution in [0.2, 0.25) is 0 Å². The summed E-state index contributed by atoms with van der Waals surface area (Å²) in [7, 11) is 0. The van der Waals surface area contributed by atoms with Crippen molar-refractivity contribution in [3.05, 3.63) is 45.7 Å². The van der Waals surface area contributed by atoms with Crippen molar-refractivity contribution in [2.24, 2.45) is 0 Å². The number of aromatic amines is 1. The summed E-state index contributed by atoms with van der Waals surface area (Å²) < 4.78 is 0.770. The SMILES string of the molecule is Cc1ccc(-c2nc(=S)c3c([nH]2)CCC3)cc1. The van der Waals surface area contributed by atoms with Gasteiger partial charge in [-0.25, -0.2) is 4.98 Å². The summed E-state index contributed by atoms with van der Waals surface area (Å²) in [5.74, 6) is 0.899. The average Bonchev–Trinajstić information content (AvgIpc) is 2.78. The Morgan fingerprint density at radius 1 is 1.18 bits per heavy atom. The van der Waals surface area contributed by atoms with E-state index in [-0.39, 0.29) is 0 Å². The molecule has 0 amide bonds. The van der Waals surface area contributed by atoms with Crippen molar-refractivity contribution in [2.45, 2.75) is 26.2 Å². The quantitative estimate of drug-likeness (QED) is 0.774. The van der Waals surface area contributed by atoms with Gasteiger partial charge in [0, 0.05) is 16.8 Å². The molecule has 0 atom stereocenters. The Hall–Kier alpha value is -1.48. The highest BCUT2D eigenvalue weighted by Crippen LogP contribution is 2.24. The molecular formula is C14H14N2S. The molecule has 0 spiro atoms. The molecule has 0 bridgehead atoms. The fourth-order valence-electron chi connectivity index (χ4n) is 2.31. The molecule has 0 fully saturated rings. The number of hydrogen-bond acceptors (Lipinski definition) is 2. The van der Waals surface area contributed by atoms with Crippen molar-refractivity contribution in [2.75, 3.05) is 0 Å². The van der Waals surface area contributed by atoms with Crippen molar-refractivity contribution < 1.29 is 0 Å².